The lowest BCUT2D eigenvalue weighted by atomic mass is 10.0. The third-order valence-electron chi connectivity index (χ3n) is 3.22. The minimum absolute atomic E-state index is 0.220. The summed E-state index contributed by atoms with van der Waals surface area (Å²) >= 11 is 0. The molecule has 1 saturated heterocycles. The van der Waals surface area contributed by atoms with Gasteiger partial charge in [-0.25, -0.2) is 4.79 Å². The first kappa shape index (κ1) is 12.5. The molecule has 0 bridgehead atoms. The van der Waals surface area contributed by atoms with E-state index in [2.05, 4.69) is 5.32 Å². The predicted octanol–water partition coefficient (Wildman–Crippen LogP) is 2.14. The minimum Gasteiger partial charge on any atom is -0.489 e. The van der Waals surface area contributed by atoms with E-state index in [0.29, 0.717) is 17.9 Å². The van der Waals surface area contributed by atoms with Crippen molar-refractivity contribution in [1.29, 1.82) is 0 Å². The molecule has 3 rings (SSSR count). The van der Waals surface area contributed by atoms with E-state index in [1.165, 1.54) is 0 Å². The van der Waals surface area contributed by atoms with Crippen LogP contribution in [0.1, 0.15) is 10.4 Å². The van der Waals surface area contributed by atoms with Gasteiger partial charge in [0.1, 0.15) is 12.4 Å². The van der Waals surface area contributed by atoms with Crippen molar-refractivity contribution >= 4 is 23.2 Å². The summed E-state index contributed by atoms with van der Waals surface area (Å²) in [6.07, 6.45) is 0.0255. The molecule has 1 aliphatic rings. The Morgan fingerprint density at radius 3 is 2.90 bits per heavy atom. The summed E-state index contributed by atoms with van der Waals surface area (Å²) in [6.45, 7) is 0.640. The normalized spacial score (nSPS) is 17.6. The predicted molar refractivity (Wildman–Crippen MR) is 73.1 cm³/mol. The smallest absolute Gasteiger partial charge is 0.407 e. The molecule has 1 N–H and O–H groups in total. The number of amides is 1. The van der Waals surface area contributed by atoms with Crippen LogP contribution in [0, 0.1) is 0 Å². The minimum atomic E-state index is -0.437. The van der Waals surface area contributed by atoms with Gasteiger partial charge in [-0.1, -0.05) is 30.3 Å². The molecule has 0 radical (unpaired) electrons. The molecule has 0 saturated carbocycles. The summed E-state index contributed by atoms with van der Waals surface area (Å²) in [5, 5.41) is 4.38. The number of benzene rings is 2. The second-order valence-corrected chi connectivity index (χ2v) is 4.54. The van der Waals surface area contributed by atoms with Crippen molar-refractivity contribution in [3.8, 4) is 5.75 Å². The van der Waals surface area contributed by atoms with E-state index < -0.39 is 6.09 Å². The van der Waals surface area contributed by atoms with Gasteiger partial charge in [0.2, 0.25) is 0 Å². The number of cyclic esters (lactones) is 1. The van der Waals surface area contributed by atoms with Gasteiger partial charge in [0, 0.05) is 0 Å². The highest BCUT2D eigenvalue weighted by Crippen LogP contribution is 2.26. The van der Waals surface area contributed by atoms with E-state index in [-0.39, 0.29) is 12.7 Å². The zero-order valence-corrected chi connectivity index (χ0v) is 10.7. The molecule has 1 aliphatic heterocycles. The molecule has 2 aromatic carbocycles. The number of hydrogen-bond donors (Lipinski definition) is 1. The van der Waals surface area contributed by atoms with Crippen molar-refractivity contribution in [3.63, 3.8) is 0 Å². The lowest BCUT2D eigenvalue weighted by Crippen LogP contribution is -2.22. The van der Waals surface area contributed by atoms with Crippen molar-refractivity contribution in [2.75, 3.05) is 13.2 Å². The molecule has 20 heavy (non-hydrogen) atoms. The van der Waals surface area contributed by atoms with E-state index in [0.717, 1.165) is 17.1 Å². The molecule has 102 valence electrons. The molecule has 1 unspecified atom stereocenters. The summed E-state index contributed by atoms with van der Waals surface area (Å²) in [5.74, 6) is 0.502. The zero-order valence-electron chi connectivity index (χ0n) is 10.7. The zero-order chi connectivity index (χ0) is 13.9. The maximum atomic E-state index is 11.3. The van der Waals surface area contributed by atoms with E-state index in [4.69, 9.17) is 9.47 Å². The maximum Gasteiger partial charge on any atom is 0.407 e. The van der Waals surface area contributed by atoms with Gasteiger partial charge in [0.05, 0.1) is 12.1 Å². The molecule has 1 fully saturated rings. The van der Waals surface area contributed by atoms with Gasteiger partial charge in [-0.2, -0.15) is 0 Å². The SMILES string of the molecule is O=Cc1c(OCC2CNC(=O)O2)ccc2ccccc12. The Morgan fingerprint density at radius 1 is 1.30 bits per heavy atom. The van der Waals surface area contributed by atoms with E-state index in [1.807, 2.05) is 30.3 Å². The fraction of sp³-hybridized carbons (Fsp3) is 0.200. The Kier molecular flexibility index (Phi) is 3.25. The number of carbonyl (C=O) groups is 2. The summed E-state index contributed by atoms with van der Waals surface area (Å²) in [4.78, 5) is 22.2. The fourth-order valence-corrected chi connectivity index (χ4v) is 2.23. The second kappa shape index (κ2) is 5.21. The largest absolute Gasteiger partial charge is 0.489 e. The van der Waals surface area contributed by atoms with Crippen LogP contribution in [0.4, 0.5) is 4.79 Å². The van der Waals surface area contributed by atoms with Gasteiger partial charge in [-0.3, -0.25) is 4.79 Å². The van der Waals surface area contributed by atoms with Crippen LogP contribution in [0.5, 0.6) is 5.75 Å². The highest BCUT2D eigenvalue weighted by Gasteiger charge is 2.23. The highest BCUT2D eigenvalue weighted by molar-refractivity contribution is 6.00. The van der Waals surface area contributed by atoms with E-state index in [1.54, 1.807) is 6.07 Å². The van der Waals surface area contributed by atoms with Crippen LogP contribution in [-0.4, -0.2) is 31.6 Å². The van der Waals surface area contributed by atoms with Crippen LogP contribution in [0.2, 0.25) is 0 Å². The van der Waals surface area contributed by atoms with Crippen molar-refractivity contribution in [2.45, 2.75) is 6.10 Å². The van der Waals surface area contributed by atoms with Crippen molar-refractivity contribution in [2.24, 2.45) is 0 Å². The number of alkyl carbamates (subject to hydrolysis) is 1. The number of carbonyl (C=O) groups excluding carboxylic acids is 2. The first-order valence-corrected chi connectivity index (χ1v) is 6.32. The van der Waals surface area contributed by atoms with Gasteiger partial charge in [-0.05, 0) is 16.8 Å². The number of ether oxygens (including phenoxy) is 2. The van der Waals surface area contributed by atoms with Crippen LogP contribution < -0.4 is 10.1 Å². The molecule has 1 amide bonds. The molecule has 5 nitrogen and oxygen atoms in total. The first-order chi connectivity index (χ1) is 9.78. The van der Waals surface area contributed by atoms with Gasteiger partial charge in [-0.15, -0.1) is 0 Å². The summed E-state index contributed by atoms with van der Waals surface area (Å²) < 4.78 is 10.6. The van der Waals surface area contributed by atoms with Gasteiger partial charge in [0.15, 0.2) is 12.4 Å². The number of fused-ring (bicyclic) bond motifs is 1. The standard InChI is InChI=1S/C15H13NO4/c17-8-13-12-4-2-1-3-10(12)5-6-14(13)19-9-11-7-16-15(18)20-11/h1-6,8,11H,7,9H2,(H,16,18). The molecule has 5 heteroatoms. The molecule has 2 aromatic rings. The number of aldehydes is 1. The Bertz CT molecular complexity index is 668. The molecular weight excluding hydrogens is 258 g/mol. The van der Waals surface area contributed by atoms with Gasteiger partial charge >= 0.3 is 6.09 Å². The van der Waals surface area contributed by atoms with E-state index >= 15 is 0 Å². The Hall–Kier alpha value is -2.56. The highest BCUT2D eigenvalue weighted by atomic mass is 16.6. The average molecular weight is 271 g/mol. The Labute approximate surface area is 115 Å². The molecule has 0 aromatic heterocycles. The third kappa shape index (κ3) is 2.30. The maximum absolute atomic E-state index is 11.3. The number of hydrogen-bond acceptors (Lipinski definition) is 4. The number of nitrogens with one attached hydrogen (secondary N) is 1. The van der Waals surface area contributed by atoms with Crippen molar-refractivity contribution < 1.29 is 19.1 Å². The molecular formula is C15H13NO4. The second-order valence-electron chi connectivity index (χ2n) is 4.54. The monoisotopic (exact) mass is 271 g/mol. The Balaban J connectivity index is 1.84. The van der Waals surface area contributed by atoms with Crippen LogP contribution in [0.3, 0.4) is 0 Å². The average Bonchev–Trinajstić information content (AvgIpc) is 2.90. The van der Waals surface area contributed by atoms with Crippen molar-refractivity contribution in [1.82, 2.24) is 5.32 Å². The number of rotatable bonds is 4. The van der Waals surface area contributed by atoms with Crippen LogP contribution in [0.25, 0.3) is 10.8 Å². The van der Waals surface area contributed by atoms with Crippen LogP contribution in [0.15, 0.2) is 36.4 Å². The van der Waals surface area contributed by atoms with Crippen molar-refractivity contribution in [3.05, 3.63) is 42.0 Å². The fourth-order valence-electron chi connectivity index (χ4n) is 2.23. The van der Waals surface area contributed by atoms with Crippen LogP contribution in [-0.2, 0) is 4.74 Å². The molecule has 0 aliphatic carbocycles. The lowest BCUT2D eigenvalue weighted by Gasteiger charge is -2.13. The molecule has 1 heterocycles. The quantitative estimate of drug-likeness (QED) is 0.865. The lowest BCUT2D eigenvalue weighted by molar-refractivity contribution is 0.102. The van der Waals surface area contributed by atoms with Gasteiger partial charge < -0.3 is 14.8 Å². The summed E-state index contributed by atoms with van der Waals surface area (Å²) in [7, 11) is 0. The molecule has 1 atom stereocenters. The van der Waals surface area contributed by atoms with Gasteiger partial charge in [0.25, 0.3) is 0 Å². The summed E-state index contributed by atoms with van der Waals surface area (Å²) in [6, 6.07) is 11.3. The third-order valence-corrected chi connectivity index (χ3v) is 3.22. The summed E-state index contributed by atoms with van der Waals surface area (Å²) in [5.41, 5.74) is 0.514. The molecule has 0 spiro atoms. The topological polar surface area (TPSA) is 64.6 Å². The van der Waals surface area contributed by atoms with Crippen LogP contribution >= 0.6 is 0 Å². The Morgan fingerprint density at radius 2 is 2.15 bits per heavy atom. The van der Waals surface area contributed by atoms with E-state index in [9.17, 15) is 9.59 Å². The first-order valence-electron chi connectivity index (χ1n) is 6.32.